The number of tetrazole rings is 1. The third-order valence-electron chi connectivity index (χ3n) is 4.50. The molecule has 9 heteroatoms. The molecule has 0 unspecified atom stereocenters. The van der Waals surface area contributed by atoms with Crippen LogP contribution in [-0.2, 0) is 0 Å². The van der Waals surface area contributed by atoms with Gasteiger partial charge in [-0.3, -0.25) is 4.79 Å². The highest BCUT2D eigenvalue weighted by Gasteiger charge is 2.28. The van der Waals surface area contributed by atoms with Crippen LogP contribution >= 0.6 is 22.7 Å². The minimum Gasteiger partial charge on any atom is -0.321 e. The highest BCUT2D eigenvalue weighted by molar-refractivity contribution is 7.22. The van der Waals surface area contributed by atoms with Gasteiger partial charge in [-0.15, -0.1) is 27.8 Å². The number of thiophene rings is 1. The van der Waals surface area contributed by atoms with E-state index in [4.69, 9.17) is 0 Å². The first-order valence-corrected chi connectivity index (χ1v) is 10.6. The zero-order valence-electron chi connectivity index (χ0n) is 15.0. The van der Waals surface area contributed by atoms with Crippen molar-refractivity contribution in [3.05, 3.63) is 52.3 Å². The number of aromatic nitrogens is 5. The van der Waals surface area contributed by atoms with E-state index in [0.717, 1.165) is 39.8 Å². The summed E-state index contributed by atoms with van der Waals surface area (Å²) in [6.07, 6.45) is 2.21. The van der Waals surface area contributed by atoms with Crippen molar-refractivity contribution >= 4 is 34.3 Å². The molecule has 0 saturated heterocycles. The Morgan fingerprint density at radius 3 is 2.93 bits per heavy atom. The van der Waals surface area contributed by atoms with Crippen LogP contribution in [0.4, 0.5) is 5.69 Å². The molecule has 1 fully saturated rings. The first kappa shape index (κ1) is 17.2. The molecule has 140 valence electrons. The predicted octanol–water partition coefficient (Wildman–Crippen LogP) is 4.42. The molecule has 3 heterocycles. The number of carbonyl (C=O) groups excluding carboxylic acids is 1. The molecule has 0 bridgehead atoms. The van der Waals surface area contributed by atoms with Gasteiger partial charge in [-0.1, -0.05) is 18.2 Å². The number of amides is 1. The summed E-state index contributed by atoms with van der Waals surface area (Å²) in [7, 11) is 0. The second-order valence-electron chi connectivity index (χ2n) is 6.62. The SMILES string of the molecule is Cc1nc(-c2cccs2)sc1C(=O)Nc1cccc(-c2nnnn2C2CC2)c1. The lowest BCUT2D eigenvalue weighted by molar-refractivity contribution is 0.103. The van der Waals surface area contributed by atoms with Crippen molar-refractivity contribution in [3.63, 3.8) is 0 Å². The number of rotatable bonds is 5. The van der Waals surface area contributed by atoms with E-state index in [0.29, 0.717) is 16.6 Å². The van der Waals surface area contributed by atoms with Crippen molar-refractivity contribution in [2.75, 3.05) is 5.32 Å². The maximum absolute atomic E-state index is 12.8. The average molecular weight is 409 g/mol. The van der Waals surface area contributed by atoms with Gasteiger partial charge >= 0.3 is 0 Å². The number of aryl methyl sites for hydroxylation is 1. The summed E-state index contributed by atoms with van der Waals surface area (Å²) in [5.74, 6) is 0.573. The van der Waals surface area contributed by atoms with E-state index >= 15 is 0 Å². The van der Waals surface area contributed by atoms with Crippen molar-refractivity contribution in [1.29, 1.82) is 0 Å². The molecule has 28 heavy (non-hydrogen) atoms. The second kappa shape index (κ2) is 6.92. The summed E-state index contributed by atoms with van der Waals surface area (Å²) in [5, 5.41) is 17.9. The summed E-state index contributed by atoms with van der Waals surface area (Å²) in [6, 6.07) is 12.0. The first-order chi connectivity index (χ1) is 13.7. The fourth-order valence-electron chi connectivity index (χ4n) is 2.99. The van der Waals surface area contributed by atoms with E-state index in [9.17, 15) is 4.79 Å². The monoisotopic (exact) mass is 408 g/mol. The van der Waals surface area contributed by atoms with Gasteiger partial charge in [0.2, 0.25) is 0 Å². The maximum Gasteiger partial charge on any atom is 0.267 e. The molecule has 1 aliphatic carbocycles. The van der Waals surface area contributed by atoms with Gasteiger partial charge < -0.3 is 5.32 Å². The molecule has 1 saturated carbocycles. The van der Waals surface area contributed by atoms with Crippen molar-refractivity contribution < 1.29 is 4.79 Å². The van der Waals surface area contributed by atoms with Crippen LogP contribution in [0.25, 0.3) is 21.3 Å². The molecule has 1 aliphatic rings. The lowest BCUT2D eigenvalue weighted by Crippen LogP contribution is -2.11. The average Bonchev–Trinajstić information content (AvgIpc) is 3.12. The van der Waals surface area contributed by atoms with Gasteiger partial charge in [-0.2, -0.15) is 0 Å². The number of thiazole rings is 1. The largest absolute Gasteiger partial charge is 0.321 e. The lowest BCUT2D eigenvalue weighted by Gasteiger charge is -2.07. The molecular formula is C19H16N6OS2. The van der Waals surface area contributed by atoms with E-state index in [2.05, 4.69) is 25.8 Å². The summed E-state index contributed by atoms with van der Waals surface area (Å²) in [6.45, 7) is 1.86. The highest BCUT2D eigenvalue weighted by Crippen LogP contribution is 2.37. The van der Waals surface area contributed by atoms with Crippen molar-refractivity contribution in [3.8, 4) is 21.3 Å². The molecule has 1 amide bonds. The topological polar surface area (TPSA) is 85.6 Å². The zero-order valence-corrected chi connectivity index (χ0v) is 16.6. The number of nitrogens with zero attached hydrogens (tertiary/aromatic N) is 5. The van der Waals surface area contributed by atoms with E-state index in [1.807, 2.05) is 53.4 Å². The highest BCUT2D eigenvalue weighted by atomic mass is 32.1. The third-order valence-corrected chi connectivity index (χ3v) is 6.69. The Bertz CT molecular complexity index is 1140. The van der Waals surface area contributed by atoms with Crippen LogP contribution in [0.1, 0.15) is 34.2 Å². The Balaban J connectivity index is 1.39. The number of nitrogens with one attached hydrogen (secondary N) is 1. The normalized spacial score (nSPS) is 13.6. The Kier molecular flexibility index (Phi) is 4.25. The van der Waals surface area contributed by atoms with Gasteiger partial charge in [-0.25, -0.2) is 9.67 Å². The summed E-state index contributed by atoms with van der Waals surface area (Å²) < 4.78 is 1.86. The van der Waals surface area contributed by atoms with Crippen LogP contribution < -0.4 is 5.32 Å². The molecule has 3 aromatic heterocycles. The van der Waals surface area contributed by atoms with Gasteiger partial charge in [0.05, 0.1) is 16.6 Å². The van der Waals surface area contributed by atoms with E-state index < -0.39 is 0 Å². The van der Waals surface area contributed by atoms with E-state index in [1.165, 1.54) is 11.3 Å². The number of anilines is 1. The van der Waals surface area contributed by atoms with Crippen molar-refractivity contribution in [2.24, 2.45) is 0 Å². The second-order valence-corrected chi connectivity index (χ2v) is 8.57. The maximum atomic E-state index is 12.8. The Morgan fingerprint density at radius 2 is 2.14 bits per heavy atom. The van der Waals surface area contributed by atoms with E-state index in [1.54, 1.807) is 11.3 Å². The molecule has 5 rings (SSSR count). The van der Waals surface area contributed by atoms with Crippen LogP contribution in [-0.4, -0.2) is 31.1 Å². The Labute approximate surface area is 169 Å². The molecule has 1 N–H and O–H groups in total. The van der Waals surface area contributed by atoms with Crippen LogP contribution in [0.2, 0.25) is 0 Å². The smallest absolute Gasteiger partial charge is 0.267 e. The van der Waals surface area contributed by atoms with Crippen molar-refractivity contribution in [2.45, 2.75) is 25.8 Å². The number of hydrogen-bond acceptors (Lipinski definition) is 7. The minimum absolute atomic E-state index is 0.156. The van der Waals surface area contributed by atoms with Crippen LogP contribution in [0.15, 0.2) is 41.8 Å². The molecule has 7 nitrogen and oxygen atoms in total. The molecule has 0 radical (unpaired) electrons. The molecule has 1 aromatic carbocycles. The lowest BCUT2D eigenvalue weighted by atomic mass is 10.2. The summed E-state index contributed by atoms with van der Waals surface area (Å²) in [5.41, 5.74) is 2.33. The molecule has 0 spiro atoms. The summed E-state index contributed by atoms with van der Waals surface area (Å²) in [4.78, 5) is 19.1. The van der Waals surface area contributed by atoms with E-state index in [-0.39, 0.29) is 5.91 Å². The summed E-state index contributed by atoms with van der Waals surface area (Å²) >= 11 is 3.03. The molecule has 0 atom stereocenters. The van der Waals surface area contributed by atoms with Crippen molar-refractivity contribution in [1.82, 2.24) is 25.2 Å². The van der Waals surface area contributed by atoms with Gasteiger partial charge in [0.1, 0.15) is 9.88 Å². The van der Waals surface area contributed by atoms with Gasteiger partial charge in [0.15, 0.2) is 5.82 Å². The van der Waals surface area contributed by atoms with Crippen LogP contribution in [0.3, 0.4) is 0 Å². The number of hydrogen-bond donors (Lipinski definition) is 1. The standard InChI is InChI=1S/C19H16N6OS2/c1-11-16(28-19(20-11)15-6-3-9-27-15)18(26)21-13-5-2-4-12(10-13)17-22-23-24-25(17)14-7-8-14/h2-6,9-10,14H,7-8H2,1H3,(H,21,26). The fourth-order valence-corrected chi connectivity index (χ4v) is 4.74. The number of benzene rings is 1. The Morgan fingerprint density at radius 1 is 1.25 bits per heavy atom. The number of carbonyl (C=O) groups is 1. The van der Waals surface area contributed by atoms with Crippen LogP contribution in [0, 0.1) is 6.92 Å². The molecule has 0 aliphatic heterocycles. The van der Waals surface area contributed by atoms with Gasteiger partial charge in [-0.05, 0) is 53.8 Å². The third kappa shape index (κ3) is 3.23. The zero-order chi connectivity index (χ0) is 19.1. The minimum atomic E-state index is -0.156. The first-order valence-electron chi connectivity index (χ1n) is 8.90. The predicted molar refractivity (Wildman–Crippen MR) is 110 cm³/mol. The quantitative estimate of drug-likeness (QED) is 0.528. The fraction of sp³-hybridized carbons (Fsp3) is 0.211. The Hall–Kier alpha value is -2.91. The van der Waals surface area contributed by atoms with Gasteiger partial charge in [0.25, 0.3) is 5.91 Å². The molecule has 4 aromatic rings. The van der Waals surface area contributed by atoms with Gasteiger partial charge in [0, 0.05) is 11.3 Å². The molecular weight excluding hydrogens is 392 g/mol. The van der Waals surface area contributed by atoms with Crippen LogP contribution in [0.5, 0.6) is 0 Å².